The van der Waals surface area contributed by atoms with Crippen molar-refractivity contribution in [2.45, 2.75) is 59.0 Å². The number of hydrogen-bond acceptors (Lipinski definition) is 3. The number of carbonyl (C=O) groups is 1. The summed E-state index contributed by atoms with van der Waals surface area (Å²) >= 11 is 0. The predicted molar refractivity (Wildman–Crippen MR) is 121 cm³/mol. The minimum absolute atomic E-state index is 0.0295. The van der Waals surface area contributed by atoms with Crippen LogP contribution < -0.4 is 10.7 Å². The van der Waals surface area contributed by atoms with E-state index in [0.717, 1.165) is 11.1 Å². The summed E-state index contributed by atoms with van der Waals surface area (Å²) in [6, 6.07) is 15.8. The zero-order chi connectivity index (χ0) is 21.9. The first-order valence-electron chi connectivity index (χ1n) is 10.5. The largest absolute Gasteiger partial charge is 0.349 e. The van der Waals surface area contributed by atoms with Gasteiger partial charge in [-0.05, 0) is 34.6 Å². The number of hydrogen-bond donors (Lipinski definition) is 1. The Bertz CT molecular complexity index is 1080. The van der Waals surface area contributed by atoms with E-state index in [0.29, 0.717) is 18.4 Å². The molecule has 5 nitrogen and oxygen atoms in total. The molecular formula is C25H31N3O2. The highest BCUT2D eigenvalue weighted by Crippen LogP contribution is 2.27. The van der Waals surface area contributed by atoms with E-state index in [2.05, 4.69) is 69.3 Å². The predicted octanol–water partition coefficient (Wildman–Crippen LogP) is 4.60. The summed E-state index contributed by atoms with van der Waals surface area (Å²) in [4.78, 5) is 24.7. The third kappa shape index (κ3) is 4.96. The van der Waals surface area contributed by atoms with Crippen LogP contribution in [0.3, 0.4) is 0 Å². The number of para-hydroxylation sites is 1. The highest BCUT2D eigenvalue weighted by atomic mass is 16.1. The first-order valence-corrected chi connectivity index (χ1v) is 10.5. The Morgan fingerprint density at radius 2 is 1.73 bits per heavy atom. The van der Waals surface area contributed by atoms with Crippen LogP contribution in [-0.2, 0) is 16.8 Å². The van der Waals surface area contributed by atoms with Gasteiger partial charge < -0.3 is 5.32 Å². The molecule has 158 valence electrons. The zero-order valence-electron chi connectivity index (χ0n) is 18.5. The molecule has 1 aromatic heterocycles. The number of amides is 1. The third-order valence-electron chi connectivity index (χ3n) is 5.43. The minimum atomic E-state index is -0.107. The highest BCUT2D eigenvalue weighted by Gasteiger charge is 2.20. The maximum atomic E-state index is 12.7. The zero-order valence-corrected chi connectivity index (χ0v) is 18.5. The second-order valence-corrected chi connectivity index (χ2v) is 9.16. The lowest BCUT2D eigenvalue weighted by atomic mass is 9.85. The van der Waals surface area contributed by atoms with Crippen molar-refractivity contribution in [1.29, 1.82) is 0 Å². The van der Waals surface area contributed by atoms with E-state index in [-0.39, 0.29) is 28.7 Å². The molecule has 0 saturated carbocycles. The molecule has 1 amide bonds. The summed E-state index contributed by atoms with van der Waals surface area (Å²) < 4.78 is 1.72. The molecular weight excluding hydrogens is 374 g/mol. The van der Waals surface area contributed by atoms with Crippen LogP contribution in [0.5, 0.6) is 0 Å². The van der Waals surface area contributed by atoms with Crippen molar-refractivity contribution in [2.75, 3.05) is 0 Å². The van der Waals surface area contributed by atoms with Crippen LogP contribution >= 0.6 is 0 Å². The van der Waals surface area contributed by atoms with E-state index in [4.69, 9.17) is 0 Å². The number of aromatic nitrogens is 2. The van der Waals surface area contributed by atoms with Crippen molar-refractivity contribution in [2.24, 2.45) is 5.92 Å². The van der Waals surface area contributed by atoms with Gasteiger partial charge in [0.05, 0.1) is 24.3 Å². The average Bonchev–Trinajstić information content (AvgIpc) is 2.71. The average molecular weight is 406 g/mol. The van der Waals surface area contributed by atoms with Crippen molar-refractivity contribution < 1.29 is 4.79 Å². The van der Waals surface area contributed by atoms with Gasteiger partial charge in [-0.1, -0.05) is 71.0 Å². The molecule has 30 heavy (non-hydrogen) atoms. The summed E-state index contributed by atoms with van der Waals surface area (Å²) in [5.74, 6) is 0.235. The number of rotatable bonds is 6. The monoisotopic (exact) mass is 405 g/mol. The Balaban J connectivity index is 1.71. The molecule has 0 bridgehead atoms. The molecule has 3 rings (SSSR count). The smallest absolute Gasteiger partial charge is 0.222 e. The molecule has 2 aromatic carbocycles. The summed E-state index contributed by atoms with van der Waals surface area (Å²) in [6.45, 7) is 11.2. The van der Waals surface area contributed by atoms with Crippen molar-refractivity contribution in [3.63, 3.8) is 0 Å². The fraction of sp³-hybridized carbons (Fsp3) is 0.400. The van der Waals surface area contributed by atoms with Gasteiger partial charge in [-0.15, -0.1) is 0 Å². The van der Waals surface area contributed by atoms with E-state index >= 15 is 0 Å². The number of nitrogens with one attached hydrogen (secondary N) is 1. The van der Waals surface area contributed by atoms with Crippen LogP contribution in [0.2, 0.25) is 0 Å². The van der Waals surface area contributed by atoms with Crippen LogP contribution in [0.15, 0.2) is 59.5 Å². The van der Waals surface area contributed by atoms with Gasteiger partial charge in [0.25, 0.3) is 0 Å². The first-order chi connectivity index (χ1) is 14.2. The number of benzene rings is 2. The van der Waals surface area contributed by atoms with E-state index in [1.54, 1.807) is 10.7 Å². The molecule has 0 fully saturated rings. The number of fused-ring (bicyclic) bond motifs is 1. The highest BCUT2D eigenvalue weighted by molar-refractivity contribution is 5.79. The Morgan fingerprint density at radius 1 is 1.07 bits per heavy atom. The van der Waals surface area contributed by atoms with Crippen LogP contribution in [0.25, 0.3) is 10.9 Å². The topological polar surface area (TPSA) is 64.0 Å². The van der Waals surface area contributed by atoms with E-state index in [1.807, 2.05) is 18.2 Å². The number of aryl methyl sites for hydroxylation is 1. The van der Waals surface area contributed by atoms with E-state index < -0.39 is 0 Å². The normalized spacial score (nSPS) is 12.9. The van der Waals surface area contributed by atoms with Gasteiger partial charge in [-0.2, -0.15) is 5.10 Å². The number of carbonyl (C=O) groups excluding carboxylic acids is 1. The summed E-state index contributed by atoms with van der Waals surface area (Å²) in [5, 5.41) is 8.00. The fourth-order valence-corrected chi connectivity index (χ4v) is 3.62. The van der Waals surface area contributed by atoms with Crippen LogP contribution in [0, 0.1) is 5.92 Å². The van der Waals surface area contributed by atoms with Gasteiger partial charge >= 0.3 is 0 Å². The molecule has 0 aliphatic rings. The lowest BCUT2D eigenvalue weighted by Gasteiger charge is -2.25. The SMILES string of the molecule is CC(C)[C@@H](NC(=O)CCn1ncc(=O)c2ccccc21)c1ccc(C(C)(C)C)cc1. The van der Waals surface area contributed by atoms with Gasteiger partial charge in [-0.25, -0.2) is 0 Å². The van der Waals surface area contributed by atoms with Gasteiger partial charge in [-0.3, -0.25) is 14.3 Å². The van der Waals surface area contributed by atoms with Crippen LogP contribution in [0.4, 0.5) is 0 Å². The van der Waals surface area contributed by atoms with Crippen molar-refractivity contribution in [1.82, 2.24) is 15.1 Å². The molecule has 0 aliphatic heterocycles. The molecule has 0 saturated heterocycles. The molecule has 5 heteroatoms. The Morgan fingerprint density at radius 3 is 2.37 bits per heavy atom. The van der Waals surface area contributed by atoms with Gasteiger partial charge in [0.2, 0.25) is 11.3 Å². The second-order valence-electron chi connectivity index (χ2n) is 9.16. The molecule has 0 aliphatic carbocycles. The maximum Gasteiger partial charge on any atom is 0.222 e. The Hall–Kier alpha value is -2.95. The Kier molecular flexibility index (Phi) is 6.40. The lowest BCUT2D eigenvalue weighted by Crippen LogP contribution is -2.32. The summed E-state index contributed by atoms with van der Waals surface area (Å²) in [7, 11) is 0. The van der Waals surface area contributed by atoms with Crippen molar-refractivity contribution >= 4 is 16.8 Å². The maximum absolute atomic E-state index is 12.7. The van der Waals surface area contributed by atoms with Crippen LogP contribution in [0.1, 0.15) is 58.2 Å². The van der Waals surface area contributed by atoms with Gasteiger partial charge in [0, 0.05) is 11.8 Å². The second kappa shape index (κ2) is 8.82. The van der Waals surface area contributed by atoms with E-state index in [1.165, 1.54) is 11.8 Å². The molecule has 1 heterocycles. The molecule has 1 N–H and O–H groups in total. The fourth-order valence-electron chi connectivity index (χ4n) is 3.62. The van der Waals surface area contributed by atoms with Gasteiger partial charge in [0.15, 0.2) is 0 Å². The molecule has 0 radical (unpaired) electrons. The summed E-state index contributed by atoms with van der Waals surface area (Å²) in [5.41, 5.74) is 3.12. The molecule has 0 spiro atoms. The minimum Gasteiger partial charge on any atom is -0.349 e. The standard InChI is InChI=1S/C25H31N3O2/c1-17(2)24(18-10-12-19(13-11-18)25(3,4)5)27-23(30)14-15-28-21-9-7-6-8-20(21)22(29)16-26-28/h6-13,16-17,24H,14-15H2,1-5H3,(H,27,30)/t24-/m1/s1. The van der Waals surface area contributed by atoms with Crippen LogP contribution in [-0.4, -0.2) is 15.7 Å². The first kappa shape index (κ1) is 21.8. The van der Waals surface area contributed by atoms with Crippen molar-refractivity contribution in [3.05, 3.63) is 76.1 Å². The quantitative estimate of drug-likeness (QED) is 0.652. The molecule has 3 aromatic rings. The Labute approximate surface area is 178 Å². The lowest BCUT2D eigenvalue weighted by molar-refractivity contribution is -0.122. The molecule has 0 unspecified atom stereocenters. The number of nitrogens with zero attached hydrogens (tertiary/aromatic N) is 2. The van der Waals surface area contributed by atoms with Crippen molar-refractivity contribution in [3.8, 4) is 0 Å². The summed E-state index contributed by atoms with van der Waals surface area (Å²) in [6.07, 6.45) is 1.61. The van der Waals surface area contributed by atoms with Gasteiger partial charge in [0.1, 0.15) is 0 Å². The van der Waals surface area contributed by atoms with E-state index in [9.17, 15) is 9.59 Å². The third-order valence-corrected chi connectivity index (χ3v) is 5.43. The molecule has 1 atom stereocenters.